The zero-order valence-electron chi connectivity index (χ0n) is 12.3. The van der Waals surface area contributed by atoms with E-state index < -0.39 is 0 Å². The second kappa shape index (κ2) is 7.98. The van der Waals surface area contributed by atoms with Gasteiger partial charge in [0.2, 0.25) is 0 Å². The monoisotopic (exact) mass is 301 g/mol. The van der Waals surface area contributed by atoms with Crippen LogP contribution in [0.3, 0.4) is 0 Å². The molecule has 0 aliphatic carbocycles. The van der Waals surface area contributed by atoms with Gasteiger partial charge < -0.3 is 14.8 Å². The van der Waals surface area contributed by atoms with Gasteiger partial charge >= 0.3 is 0 Å². The number of nitrogens with one attached hydrogen (secondary N) is 1. The summed E-state index contributed by atoms with van der Waals surface area (Å²) in [6.45, 7) is 7.44. The van der Waals surface area contributed by atoms with E-state index in [1.165, 1.54) is 0 Å². The zero-order valence-corrected chi connectivity index (χ0v) is 13.0. The van der Waals surface area contributed by atoms with Crippen molar-refractivity contribution in [2.75, 3.05) is 19.8 Å². The highest BCUT2D eigenvalue weighted by Gasteiger charge is 2.26. The van der Waals surface area contributed by atoms with Crippen molar-refractivity contribution >= 4 is 11.6 Å². The van der Waals surface area contributed by atoms with Crippen molar-refractivity contribution in [3.05, 3.63) is 16.9 Å². The van der Waals surface area contributed by atoms with Gasteiger partial charge in [-0.1, -0.05) is 25.4 Å². The number of nitrogens with zero attached hydrogens (tertiary/aromatic N) is 2. The molecule has 1 aromatic rings. The van der Waals surface area contributed by atoms with Gasteiger partial charge in [0, 0.05) is 13.0 Å². The van der Waals surface area contributed by atoms with E-state index in [2.05, 4.69) is 24.3 Å². The van der Waals surface area contributed by atoms with Crippen LogP contribution in [0.5, 0.6) is 0 Å². The molecule has 0 bridgehead atoms. The normalized spacial score (nSPS) is 17.8. The van der Waals surface area contributed by atoms with E-state index in [0.29, 0.717) is 18.2 Å². The lowest BCUT2D eigenvalue weighted by Gasteiger charge is -2.22. The number of rotatable bonds is 8. The van der Waals surface area contributed by atoms with Gasteiger partial charge in [0.1, 0.15) is 0 Å². The van der Waals surface area contributed by atoms with E-state index in [1.54, 1.807) is 6.20 Å². The summed E-state index contributed by atoms with van der Waals surface area (Å²) in [4.78, 5) is 0. The standard InChI is InChI=1S/C14H24ClN3O2/c1-3-5-16-12(9-13-19-7-8-20-13)14-11(15)10-17-18(14)6-4-2/h10,12-13,16H,3-9H2,1-2H3. The topological polar surface area (TPSA) is 48.3 Å². The number of halogens is 1. The van der Waals surface area contributed by atoms with Crippen LogP contribution in [0, 0.1) is 0 Å². The number of hydrogen-bond acceptors (Lipinski definition) is 4. The molecule has 0 aromatic carbocycles. The molecule has 20 heavy (non-hydrogen) atoms. The minimum atomic E-state index is -0.148. The summed E-state index contributed by atoms with van der Waals surface area (Å²) in [6.07, 6.45) is 4.44. The first-order valence-corrected chi connectivity index (χ1v) is 7.81. The van der Waals surface area contributed by atoms with Crippen molar-refractivity contribution in [1.82, 2.24) is 15.1 Å². The van der Waals surface area contributed by atoms with Gasteiger partial charge in [0.25, 0.3) is 0 Å². The molecule has 1 aromatic heterocycles. The number of aryl methyl sites for hydroxylation is 1. The molecule has 1 saturated heterocycles. The summed E-state index contributed by atoms with van der Waals surface area (Å²) < 4.78 is 13.1. The lowest BCUT2D eigenvalue weighted by molar-refractivity contribution is -0.0534. The van der Waals surface area contributed by atoms with E-state index in [-0.39, 0.29) is 12.3 Å². The van der Waals surface area contributed by atoms with Crippen molar-refractivity contribution in [2.24, 2.45) is 0 Å². The molecule has 0 radical (unpaired) electrons. The molecule has 0 spiro atoms. The van der Waals surface area contributed by atoms with E-state index in [9.17, 15) is 0 Å². The average molecular weight is 302 g/mol. The van der Waals surface area contributed by atoms with Crippen LogP contribution in [0.15, 0.2) is 6.20 Å². The summed E-state index contributed by atoms with van der Waals surface area (Å²) in [7, 11) is 0. The van der Waals surface area contributed by atoms with Gasteiger partial charge in [0.05, 0.1) is 36.2 Å². The minimum absolute atomic E-state index is 0.111. The highest BCUT2D eigenvalue weighted by atomic mass is 35.5. The second-order valence-corrected chi connectivity index (χ2v) is 5.42. The first kappa shape index (κ1) is 15.8. The van der Waals surface area contributed by atoms with Crippen LogP contribution in [0.2, 0.25) is 5.02 Å². The molecule has 0 amide bonds. The van der Waals surface area contributed by atoms with Crippen LogP contribution < -0.4 is 5.32 Å². The Hall–Kier alpha value is -0.620. The molecule has 1 unspecified atom stereocenters. The molecular formula is C14H24ClN3O2. The van der Waals surface area contributed by atoms with Crippen molar-refractivity contribution < 1.29 is 9.47 Å². The molecule has 1 N–H and O–H groups in total. The van der Waals surface area contributed by atoms with Crippen LogP contribution >= 0.6 is 11.6 Å². The fourth-order valence-corrected chi connectivity index (χ4v) is 2.73. The molecule has 1 aliphatic heterocycles. The van der Waals surface area contributed by atoms with Gasteiger partial charge in [-0.25, -0.2) is 0 Å². The Morgan fingerprint density at radius 2 is 2.15 bits per heavy atom. The molecule has 6 heteroatoms. The van der Waals surface area contributed by atoms with Gasteiger partial charge in [0.15, 0.2) is 6.29 Å². The average Bonchev–Trinajstić information content (AvgIpc) is 3.06. The van der Waals surface area contributed by atoms with Crippen LogP contribution in [-0.4, -0.2) is 35.8 Å². The summed E-state index contributed by atoms with van der Waals surface area (Å²) >= 11 is 6.33. The van der Waals surface area contributed by atoms with Crippen molar-refractivity contribution in [3.8, 4) is 0 Å². The van der Waals surface area contributed by atoms with E-state index in [4.69, 9.17) is 21.1 Å². The molecular weight excluding hydrogens is 278 g/mol. The van der Waals surface area contributed by atoms with Crippen LogP contribution in [0.25, 0.3) is 0 Å². The number of ether oxygens (including phenoxy) is 2. The third-order valence-corrected chi connectivity index (χ3v) is 3.65. The van der Waals surface area contributed by atoms with Gasteiger partial charge in [-0.3, -0.25) is 4.68 Å². The van der Waals surface area contributed by atoms with Crippen molar-refractivity contribution in [1.29, 1.82) is 0 Å². The molecule has 1 atom stereocenters. The Labute approximate surface area is 125 Å². The lowest BCUT2D eigenvalue weighted by Crippen LogP contribution is -2.29. The number of aromatic nitrogens is 2. The highest BCUT2D eigenvalue weighted by Crippen LogP contribution is 2.28. The fraction of sp³-hybridized carbons (Fsp3) is 0.786. The third kappa shape index (κ3) is 3.95. The Morgan fingerprint density at radius 1 is 1.40 bits per heavy atom. The minimum Gasteiger partial charge on any atom is -0.350 e. The smallest absolute Gasteiger partial charge is 0.159 e. The van der Waals surface area contributed by atoms with Crippen LogP contribution in [0.1, 0.15) is 44.8 Å². The summed E-state index contributed by atoms with van der Waals surface area (Å²) in [5.74, 6) is 0. The van der Waals surface area contributed by atoms with Crippen LogP contribution in [0.4, 0.5) is 0 Å². The number of hydrogen-bond donors (Lipinski definition) is 1. The third-order valence-electron chi connectivity index (χ3n) is 3.36. The first-order valence-electron chi connectivity index (χ1n) is 7.44. The Balaban J connectivity index is 2.13. The quantitative estimate of drug-likeness (QED) is 0.802. The zero-order chi connectivity index (χ0) is 14.4. The summed E-state index contributed by atoms with van der Waals surface area (Å²) in [6, 6.07) is 0.111. The molecule has 5 nitrogen and oxygen atoms in total. The summed E-state index contributed by atoms with van der Waals surface area (Å²) in [5, 5.41) is 8.62. The Kier molecular flexibility index (Phi) is 6.29. The van der Waals surface area contributed by atoms with Crippen molar-refractivity contribution in [3.63, 3.8) is 0 Å². The molecule has 2 rings (SSSR count). The second-order valence-electron chi connectivity index (χ2n) is 5.01. The maximum absolute atomic E-state index is 6.33. The Bertz CT molecular complexity index is 405. The maximum Gasteiger partial charge on any atom is 0.159 e. The van der Waals surface area contributed by atoms with Gasteiger partial charge in [-0.05, 0) is 19.4 Å². The predicted molar refractivity (Wildman–Crippen MR) is 78.9 cm³/mol. The molecule has 1 fully saturated rings. The molecule has 0 saturated carbocycles. The van der Waals surface area contributed by atoms with Crippen LogP contribution in [-0.2, 0) is 16.0 Å². The maximum atomic E-state index is 6.33. The Morgan fingerprint density at radius 3 is 2.80 bits per heavy atom. The van der Waals surface area contributed by atoms with E-state index in [0.717, 1.165) is 38.0 Å². The SMILES string of the molecule is CCCNC(CC1OCCO1)c1c(Cl)cnn1CCC. The van der Waals surface area contributed by atoms with Gasteiger partial charge in [-0.15, -0.1) is 0 Å². The fourth-order valence-electron chi connectivity index (χ4n) is 2.45. The van der Waals surface area contributed by atoms with E-state index in [1.807, 2.05) is 4.68 Å². The molecule has 114 valence electrons. The first-order chi connectivity index (χ1) is 9.76. The predicted octanol–water partition coefficient (Wildman–Crippen LogP) is 2.75. The largest absolute Gasteiger partial charge is 0.350 e. The lowest BCUT2D eigenvalue weighted by atomic mass is 10.1. The summed E-state index contributed by atoms with van der Waals surface area (Å²) in [5.41, 5.74) is 1.04. The van der Waals surface area contributed by atoms with E-state index >= 15 is 0 Å². The highest BCUT2D eigenvalue weighted by molar-refractivity contribution is 6.31. The molecule has 1 aliphatic rings. The van der Waals surface area contributed by atoms with Gasteiger partial charge in [-0.2, -0.15) is 5.10 Å². The van der Waals surface area contributed by atoms with Crippen molar-refractivity contribution in [2.45, 2.75) is 52.0 Å². The molecule has 2 heterocycles.